The lowest BCUT2D eigenvalue weighted by Crippen LogP contribution is -2.13. The minimum Gasteiger partial charge on any atom is -0.318 e. The van der Waals surface area contributed by atoms with Crippen LogP contribution in [0, 0.1) is 0 Å². The van der Waals surface area contributed by atoms with E-state index >= 15 is 0 Å². The zero-order valence-electron chi connectivity index (χ0n) is 11.0. The molecule has 2 aromatic rings. The Morgan fingerprint density at radius 1 is 1.20 bits per heavy atom. The van der Waals surface area contributed by atoms with Crippen molar-refractivity contribution < 1.29 is 9.59 Å². The third-order valence-electron chi connectivity index (χ3n) is 3.01. The van der Waals surface area contributed by atoms with Crippen LogP contribution in [0.5, 0.6) is 0 Å². The van der Waals surface area contributed by atoms with Crippen LogP contribution < -0.4 is 4.90 Å². The van der Waals surface area contributed by atoms with Crippen LogP contribution in [0.25, 0.3) is 0 Å². The van der Waals surface area contributed by atoms with Gasteiger partial charge >= 0.3 is 0 Å². The highest BCUT2D eigenvalue weighted by Gasteiger charge is 2.08. The van der Waals surface area contributed by atoms with Crippen molar-refractivity contribution in [2.45, 2.75) is 6.42 Å². The molecule has 0 radical (unpaired) electrons. The Bertz CT molecular complexity index is 623. The Kier molecular flexibility index (Phi) is 4.69. The minimum absolute atomic E-state index is 0.0587. The average molecular weight is 332 g/mol. The van der Waals surface area contributed by atoms with Crippen LogP contribution in [0.3, 0.4) is 0 Å². The molecule has 0 saturated heterocycles. The van der Waals surface area contributed by atoms with Crippen molar-refractivity contribution in [3.05, 3.63) is 64.1 Å². The predicted molar refractivity (Wildman–Crippen MR) is 83.1 cm³/mol. The summed E-state index contributed by atoms with van der Waals surface area (Å²) in [7, 11) is 1.67. The minimum atomic E-state index is 0.0587. The molecule has 0 aliphatic carbocycles. The number of rotatable bonds is 5. The molecule has 2 rings (SSSR count). The fourth-order valence-electron chi connectivity index (χ4n) is 1.88. The fraction of sp³-hybridized carbons (Fsp3) is 0.125. The molecule has 0 spiro atoms. The van der Waals surface area contributed by atoms with Crippen LogP contribution in [-0.2, 0) is 11.2 Å². The molecule has 102 valence electrons. The lowest BCUT2D eigenvalue weighted by Gasteiger charge is -2.10. The first kappa shape index (κ1) is 14.5. The SMILES string of the molecule is CN(C=O)c1ccc(C(=O)Cc2cccc(Br)c2)cc1. The third-order valence-corrected chi connectivity index (χ3v) is 3.50. The second kappa shape index (κ2) is 6.48. The molecule has 20 heavy (non-hydrogen) atoms. The molecule has 0 bridgehead atoms. The number of Topliss-reactive ketones (excluding diaryl/α,β-unsaturated/α-hetero) is 1. The number of benzene rings is 2. The van der Waals surface area contributed by atoms with Gasteiger partial charge < -0.3 is 4.90 Å². The number of halogens is 1. The molecule has 0 aliphatic heterocycles. The van der Waals surface area contributed by atoms with Crippen molar-refractivity contribution >= 4 is 33.8 Å². The highest BCUT2D eigenvalue weighted by molar-refractivity contribution is 9.10. The van der Waals surface area contributed by atoms with E-state index in [4.69, 9.17) is 0 Å². The highest BCUT2D eigenvalue weighted by Crippen LogP contribution is 2.16. The topological polar surface area (TPSA) is 37.4 Å². The maximum atomic E-state index is 12.2. The monoisotopic (exact) mass is 331 g/mol. The number of amides is 1. The first-order chi connectivity index (χ1) is 9.60. The molecule has 4 heteroatoms. The van der Waals surface area contributed by atoms with Crippen molar-refractivity contribution in [1.82, 2.24) is 0 Å². The average Bonchev–Trinajstić information content (AvgIpc) is 2.46. The Morgan fingerprint density at radius 3 is 2.50 bits per heavy atom. The molecular formula is C16H14BrNO2. The van der Waals surface area contributed by atoms with Crippen LogP contribution in [0.4, 0.5) is 5.69 Å². The molecule has 0 fully saturated rings. The van der Waals surface area contributed by atoms with Crippen LogP contribution in [-0.4, -0.2) is 19.2 Å². The van der Waals surface area contributed by atoms with Crippen molar-refractivity contribution in [2.75, 3.05) is 11.9 Å². The van der Waals surface area contributed by atoms with Gasteiger partial charge in [0, 0.05) is 29.2 Å². The smallest absolute Gasteiger partial charge is 0.213 e. The Morgan fingerprint density at radius 2 is 1.90 bits per heavy atom. The Balaban J connectivity index is 2.11. The van der Waals surface area contributed by atoms with Gasteiger partial charge in [-0.2, -0.15) is 0 Å². The van der Waals surface area contributed by atoms with E-state index in [0.29, 0.717) is 12.0 Å². The summed E-state index contributed by atoms with van der Waals surface area (Å²) >= 11 is 3.39. The van der Waals surface area contributed by atoms with Crippen LogP contribution in [0.1, 0.15) is 15.9 Å². The van der Waals surface area contributed by atoms with E-state index in [1.807, 2.05) is 24.3 Å². The van der Waals surface area contributed by atoms with E-state index in [1.165, 1.54) is 4.90 Å². The Hall–Kier alpha value is -1.94. The van der Waals surface area contributed by atoms with E-state index in [9.17, 15) is 9.59 Å². The van der Waals surface area contributed by atoms with Gasteiger partial charge in [0.2, 0.25) is 6.41 Å². The summed E-state index contributed by atoms with van der Waals surface area (Å²) in [4.78, 5) is 24.3. The molecular weight excluding hydrogens is 318 g/mol. The number of hydrogen-bond donors (Lipinski definition) is 0. The molecule has 3 nitrogen and oxygen atoms in total. The quantitative estimate of drug-likeness (QED) is 0.621. The summed E-state index contributed by atoms with van der Waals surface area (Å²) in [6.07, 6.45) is 1.10. The van der Waals surface area contributed by atoms with Crippen LogP contribution in [0.2, 0.25) is 0 Å². The maximum Gasteiger partial charge on any atom is 0.213 e. The van der Waals surface area contributed by atoms with Gasteiger partial charge in [0.25, 0.3) is 0 Å². The lowest BCUT2D eigenvalue weighted by atomic mass is 10.0. The molecule has 0 atom stereocenters. The van der Waals surface area contributed by atoms with Crippen molar-refractivity contribution in [1.29, 1.82) is 0 Å². The fourth-order valence-corrected chi connectivity index (χ4v) is 2.32. The first-order valence-corrected chi connectivity index (χ1v) is 6.95. The van der Waals surface area contributed by atoms with Gasteiger partial charge in [-0.05, 0) is 42.0 Å². The second-order valence-corrected chi connectivity index (χ2v) is 5.41. The zero-order valence-corrected chi connectivity index (χ0v) is 12.6. The maximum absolute atomic E-state index is 12.2. The number of carbonyl (C=O) groups is 2. The summed E-state index contributed by atoms with van der Waals surface area (Å²) in [5.41, 5.74) is 2.38. The molecule has 0 saturated carbocycles. The third kappa shape index (κ3) is 3.54. The van der Waals surface area contributed by atoms with Gasteiger partial charge in [-0.3, -0.25) is 9.59 Å². The largest absolute Gasteiger partial charge is 0.318 e. The number of hydrogen-bond acceptors (Lipinski definition) is 2. The number of ketones is 1. The summed E-state index contributed by atoms with van der Waals surface area (Å²) in [6.45, 7) is 0. The van der Waals surface area contributed by atoms with Crippen LogP contribution >= 0.6 is 15.9 Å². The number of carbonyl (C=O) groups excluding carboxylic acids is 2. The summed E-state index contributed by atoms with van der Waals surface area (Å²) in [6, 6.07) is 14.7. The summed E-state index contributed by atoms with van der Waals surface area (Å²) < 4.78 is 0.964. The van der Waals surface area contributed by atoms with Gasteiger partial charge in [-0.15, -0.1) is 0 Å². The molecule has 0 heterocycles. The summed E-state index contributed by atoms with van der Waals surface area (Å²) in [5.74, 6) is 0.0587. The van der Waals surface area contributed by atoms with E-state index in [1.54, 1.807) is 31.3 Å². The van der Waals surface area contributed by atoms with E-state index in [0.717, 1.165) is 22.1 Å². The normalized spacial score (nSPS) is 10.1. The summed E-state index contributed by atoms with van der Waals surface area (Å²) in [5, 5.41) is 0. The zero-order chi connectivity index (χ0) is 14.5. The van der Waals surface area contributed by atoms with Crippen molar-refractivity contribution in [3.63, 3.8) is 0 Å². The first-order valence-electron chi connectivity index (χ1n) is 6.16. The van der Waals surface area contributed by atoms with Crippen molar-refractivity contribution in [3.8, 4) is 0 Å². The highest BCUT2D eigenvalue weighted by atomic mass is 79.9. The van der Waals surface area contributed by atoms with Gasteiger partial charge in [0.05, 0.1) is 0 Å². The number of anilines is 1. The standard InChI is InChI=1S/C16H14BrNO2/c1-18(11-19)15-7-5-13(6-8-15)16(20)10-12-3-2-4-14(17)9-12/h2-9,11H,10H2,1H3. The van der Waals surface area contributed by atoms with Gasteiger partial charge in [-0.25, -0.2) is 0 Å². The van der Waals surface area contributed by atoms with Gasteiger partial charge in [0.15, 0.2) is 5.78 Å². The van der Waals surface area contributed by atoms with E-state index < -0.39 is 0 Å². The predicted octanol–water partition coefficient (Wildman–Crippen LogP) is 3.47. The lowest BCUT2D eigenvalue weighted by molar-refractivity contribution is -0.107. The molecule has 0 aliphatic rings. The van der Waals surface area contributed by atoms with Gasteiger partial charge in [0.1, 0.15) is 0 Å². The van der Waals surface area contributed by atoms with E-state index in [2.05, 4.69) is 15.9 Å². The van der Waals surface area contributed by atoms with Crippen LogP contribution in [0.15, 0.2) is 53.0 Å². The second-order valence-electron chi connectivity index (χ2n) is 4.49. The Labute approximate surface area is 126 Å². The molecule has 0 aromatic heterocycles. The van der Waals surface area contributed by atoms with Crippen molar-refractivity contribution in [2.24, 2.45) is 0 Å². The molecule has 0 unspecified atom stereocenters. The molecule has 0 N–H and O–H groups in total. The number of nitrogens with zero attached hydrogens (tertiary/aromatic N) is 1. The molecule has 1 amide bonds. The molecule has 2 aromatic carbocycles. The van der Waals surface area contributed by atoms with Gasteiger partial charge in [-0.1, -0.05) is 28.1 Å². The van der Waals surface area contributed by atoms with E-state index in [-0.39, 0.29) is 5.78 Å².